The molecule has 1 aliphatic carbocycles. The van der Waals surface area contributed by atoms with Crippen molar-refractivity contribution in [2.45, 2.75) is 58.9 Å². The first kappa shape index (κ1) is 18.1. The number of ether oxygens (including phenoxy) is 1. The number of methoxy groups -OCH3 is 1. The van der Waals surface area contributed by atoms with Gasteiger partial charge in [0, 0.05) is 11.1 Å². The highest BCUT2D eigenvalue weighted by Crippen LogP contribution is 2.37. The first-order chi connectivity index (χ1) is 10.8. The van der Waals surface area contributed by atoms with Crippen LogP contribution in [0.15, 0.2) is 18.2 Å². The third-order valence-corrected chi connectivity index (χ3v) is 5.28. The van der Waals surface area contributed by atoms with Crippen molar-refractivity contribution < 1.29 is 9.53 Å². The van der Waals surface area contributed by atoms with Gasteiger partial charge in [0.15, 0.2) is 0 Å². The van der Waals surface area contributed by atoms with Crippen molar-refractivity contribution in [2.75, 3.05) is 7.11 Å². The molecule has 1 aromatic carbocycles. The molecule has 1 amide bonds. The zero-order chi connectivity index (χ0) is 17.0. The van der Waals surface area contributed by atoms with E-state index in [4.69, 9.17) is 16.3 Å². The Hall–Kier alpha value is -1.22. The number of hydrogen-bond donors (Lipinski definition) is 1. The molecule has 4 heteroatoms. The Bertz CT molecular complexity index is 543. The predicted octanol–water partition coefficient (Wildman–Crippen LogP) is 4.61. The molecule has 0 spiro atoms. The number of rotatable bonds is 4. The Labute approximate surface area is 144 Å². The van der Waals surface area contributed by atoms with Crippen LogP contribution in [0.2, 0.25) is 5.02 Å². The molecule has 0 atom stereocenters. The van der Waals surface area contributed by atoms with E-state index >= 15 is 0 Å². The number of amides is 1. The average Bonchev–Trinajstić information content (AvgIpc) is 2.49. The minimum Gasteiger partial charge on any atom is -0.497 e. The van der Waals surface area contributed by atoms with Gasteiger partial charge in [0.1, 0.15) is 5.75 Å². The van der Waals surface area contributed by atoms with Crippen LogP contribution in [0.4, 0.5) is 0 Å². The van der Waals surface area contributed by atoms with Crippen LogP contribution < -0.4 is 10.1 Å². The van der Waals surface area contributed by atoms with E-state index in [1.807, 2.05) is 12.1 Å². The number of hydrogen-bond acceptors (Lipinski definition) is 2. The maximum Gasteiger partial charge on any atom is 0.224 e. The first-order valence-electron chi connectivity index (χ1n) is 8.41. The zero-order valence-electron chi connectivity index (χ0n) is 14.6. The summed E-state index contributed by atoms with van der Waals surface area (Å²) in [6, 6.07) is 5.75. The molecule has 0 unspecified atom stereocenters. The van der Waals surface area contributed by atoms with Crippen LogP contribution in [-0.2, 0) is 11.2 Å². The summed E-state index contributed by atoms with van der Waals surface area (Å²) >= 11 is 6.20. The lowest BCUT2D eigenvalue weighted by Gasteiger charge is -2.37. The third kappa shape index (κ3) is 5.13. The topological polar surface area (TPSA) is 38.3 Å². The second-order valence-electron chi connectivity index (χ2n) is 7.62. The van der Waals surface area contributed by atoms with Gasteiger partial charge < -0.3 is 10.1 Å². The Morgan fingerprint density at radius 1 is 1.26 bits per heavy atom. The van der Waals surface area contributed by atoms with Gasteiger partial charge in [-0.05, 0) is 54.7 Å². The maximum absolute atomic E-state index is 12.3. The lowest BCUT2D eigenvalue weighted by Crippen LogP contribution is -2.40. The normalized spacial score (nSPS) is 21.8. The summed E-state index contributed by atoms with van der Waals surface area (Å²) in [5.74, 6) is 1.52. The molecule has 1 N–H and O–H groups in total. The van der Waals surface area contributed by atoms with Crippen LogP contribution in [0.5, 0.6) is 5.75 Å². The van der Waals surface area contributed by atoms with E-state index in [1.54, 1.807) is 13.2 Å². The number of carbonyl (C=O) groups excluding carboxylic acids is 1. The molecule has 1 fully saturated rings. The van der Waals surface area contributed by atoms with Gasteiger partial charge in [-0.25, -0.2) is 0 Å². The summed E-state index contributed by atoms with van der Waals surface area (Å²) in [6.07, 6.45) is 4.85. The molecule has 128 valence electrons. The van der Waals surface area contributed by atoms with Crippen LogP contribution in [0.3, 0.4) is 0 Å². The highest BCUT2D eigenvalue weighted by atomic mass is 35.5. The lowest BCUT2D eigenvalue weighted by molar-refractivity contribution is -0.121. The highest BCUT2D eigenvalue weighted by Gasteiger charge is 2.30. The van der Waals surface area contributed by atoms with Crippen LogP contribution >= 0.6 is 11.6 Å². The molecular formula is C19H28ClNO2. The Morgan fingerprint density at radius 2 is 1.91 bits per heavy atom. The van der Waals surface area contributed by atoms with Gasteiger partial charge in [-0.1, -0.05) is 38.4 Å². The Morgan fingerprint density at radius 3 is 2.43 bits per heavy atom. The molecule has 1 aromatic rings. The molecule has 1 aliphatic rings. The van der Waals surface area contributed by atoms with E-state index in [9.17, 15) is 4.79 Å². The monoisotopic (exact) mass is 337 g/mol. The molecule has 0 heterocycles. The molecule has 0 radical (unpaired) electrons. The average molecular weight is 338 g/mol. The van der Waals surface area contributed by atoms with Crippen LogP contribution in [0.25, 0.3) is 0 Å². The molecule has 0 bridgehead atoms. The van der Waals surface area contributed by atoms with Crippen molar-refractivity contribution in [1.29, 1.82) is 0 Å². The van der Waals surface area contributed by atoms with Crippen molar-refractivity contribution in [3.05, 3.63) is 28.8 Å². The fourth-order valence-corrected chi connectivity index (χ4v) is 3.59. The van der Waals surface area contributed by atoms with Gasteiger partial charge in [-0.3, -0.25) is 4.79 Å². The molecule has 0 aliphatic heterocycles. The summed E-state index contributed by atoms with van der Waals surface area (Å²) in [6.45, 7) is 6.92. The lowest BCUT2D eigenvalue weighted by atomic mass is 9.71. The summed E-state index contributed by atoms with van der Waals surface area (Å²) in [7, 11) is 1.60. The molecule has 0 saturated heterocycles. The summed E-state index contributed by atoms with van der Waals surface area (Å²) < 4.78 is 5.13. The van der Waals surface area contributed by atoms with Crippen molar-refractivity contribution in [2.24, 2.45) is 11.3 Å². The summed E-state index contributed by atoms with van der Waals surface area (Å²) in [5, 5.41) is 3.75. The smallest absolute Gasteiger partial charge is 0.224 e. The minimum absolute atomic E-state index is 0.0521. The van der Waals surface area contributed by atoms with Crippen LogP contribution in [0.1, 0.15) is 52.0 Å². The Kier molecular flexibility index (Phi) is 5.96. The molecular weight excluding hydrogens is 310 g/mol. The number of benzene rings is 1. The summed E-state index contributed by atoms with van der Waals surface area (Å²) in [5.41, 5.74) is 1.21. The highest BCUT2D eigenvalue weighted by molar-refractivity contribution is 6.31. The fourth-order valence-electron chi connectivity index (χ4n) is 3.35. The molecule has 23 heavy (non-hydrogen) atoms. The maximum atomic E-state index is 12.3. The van der Waals surface area contributed by atoms with E-state index in [2.05, 4.69) is 26.1 Å². The number of nitrogens with one attached hydrogen (secondary N) is 1. The van der Waals surface area contributed by atoms with Crippen molar-refractivity contribution >= 4 is 17.5 Å². The predicted molar refractivity (Wildman–Crippen MR) is 95.1 cm³/mol. The van der Waals surface area contributed by atoms with Crippen molar-refractivity contribution in [3.8, 4) is 5.75 Å². The summed E-state index contributed by atoms with van der Waals surface area (Å²) in [4.78, 5) is 12.3. The standard InChI is InChI=1S/C19H28ClNO2/c1-19(2,3)14-6-8-15(9-7-14)21-18(22)11-13-5-10-16(23-4)12-17(13)20/h5,10,12,14-15H,6-9,11H2,1-4H3,(H,21,22). The van der Waals surface area contributed by atoms with Crippen molar-refractivity contribution in [3.63, 3.8) is 0 Å². The number of halogens is 1. The second-order valence-corrected chi connectivity index (χ2v) is 8.02. The zero-order valence-corrected chi connectivity index (χ0v) is 15.4. The third-order valence-electron chi connectivity index (χ3n) is 4.93. The number of carbonyl (C=O) groups is 1. The van der Waals surface area contributed by atoms with Gasteiger partial charge in [0.05, 0.1) is 13.5 Å². The van der Waals surface area contributed by atoms with Gasteiger partial charge in [0.25, 0.3) is 0 Å². The Balaban J connectivity index is 1.84. The minimum atomic E-state index is 0.0521. The van der Waals surface area contributed by atoms with Gasteiger partial charge >= 0.3 is 0 Å². The van der Waals surface area contributed by atoms with Crippen LogP contribution in [0, 0.1) is 11.3 Å². The first-order valence-corrected chi connectivity index (χ1v) is 8.79. The van der Waals surface area contributed by atoms with E-state index in [1.165, 1.54) is 12.8 Å². The van der Waals surface area contributed by atoms with Crippen LogP contribution in [-0.4, -0.2) is 19.1 Å². The molecule has 3 nitrogen and oxygen atoms in total. The second kappa shape index (κ2) is 7.57. The molecule has 1 saturated carbocycles. The SMILES string of the molecule is COc1ccc(CC(=O)NC2CCC(C(C)(C)C)CC2)c(Cl)c1. The van der Waals surface area contributed by atoms with E-state index in [0.29, 0.717) is 28.6 Å². The fraction of sp³-hybridized carbons (Fsp3) is 0.632. The quantitative estimate of drug-likeness (QED) is 0.871. The van der Waals surface area contributed by atoms with Gasteiger partial charge in [-0.15, -0.1) is 0 Å². The van der Waals surface area contributed by atoms with E-state index < -0.39 is 0 Å². The molecule has 2 rings (SSSR count). The van der Waals surface area contributed by atoms with Gasteiger partial charge in [-0.2, -0.15) is 0 Å². The van der Waals surface area contributed by atoms with E-state index in [0.717, 1.165) is 24.3 Å². The van der Waals surface area contributed by atoms with E-state index in [-0.39, 0.29) is 5.91 Å². The van der Waals surface area contributed by atoms with Crippen molar-refractivity contribution in [1.82, 2.24) is 5.32 Å². The van der Waals surface area contributed by atoms with Gasteiger partial charge in [0.2, 0.25) is 5.91 Å². The molecule has 0 aromatic heterocycles. The largest absolute Gasteiger partial charge is 0.497 e.